The van der Waals surface area contributed by atoms with E-state index in [0.29, 0.717) is 5.02 Å². The molecule has 1 aromatic heterocycles. The van der Waals surface area contributed by atoms with Crippen molar-refractivity contribution >= 4 is 50.2 Å². The zero-order valence-electron chi connectivity index (χ0n) is 10.6. The summed E-state index contributed by atoms with van der Waals surface area (Å²) in [5.74, 6) is 0.807. The molecule has 0 spiro atoms. The number of imidazole rings is 1. The topological polar surface area (TPSA) is 17.8 Å². The van der Waals surface area contributed by atoms with Crippen molar-refractivity contribution in [3.63, 3.8) is 0 Å². The average Bonchev–Trinajstić information content (AvgIpc) is 2.77. The van der Waals surface area contributed by atoms with Crippen LogP contribution in [0.25, 0.3) is 16.7 Å². The fourth-order valence-corrected chi connectivity index (χ4v) is 2.91. The third kappa shape index (κ3) is 2.46. The molecule has 0 aliphatic carbocycles. The number of benzene rings is 2. The minimum Gasteiger partial charge on any atom is -0.295 e. The minimum atomic E-state index is -0.194. The Bertz CT molecular complexity index is 781. The van der Waals surface area contributed by atoms with Gasteiger partial charge >= 0.3 is 0 Å². The van der Waals surface area contributed by atoms with Crippen LogP contribution in [0.3, 0.4) is 0 Å². The fraction of sp³-hybridized carbons (Fsp3) is 0.133. The molecule has 20 heavy (non-hydrogen) atoms. The van der Waals surface area contributed by atoms with E-state index in [9.17, 15) is 0 Å². The van der Waals surface area contributed by atoms with Crippen LogP contribution in [0.1, 0.15) is 18.1 Å². The molecule has 5 heteroatoms. The van der Waals surface area contributed by atoms with E-state index in [1.54, 1.807) is 0 Å². The van der Waals surface area contributed by atoms with Gasteiger partial charge in [0.15, 0.2) is 0 Å². The molecular formula is C15H11BrCl2N2. The van der Waals surface area contributed by atoms with E-state index in [0.717, 1.165) is 27.0 Å². The Hall–Kier alpha value is -1.03. The first-order valence-electron chi connectivity index (χ1n) is 6.14. The summed E-state index contributed by atoms with van der Waals surface area (Å²) in [6, 6.07) is 13.7. The maximum atomic E-state index is 6.28. The largest absolute Gasteiger partial charge is 0.295 e. The van der Waals surface area contributed by atoms with Gasteiger partial charge in [0.2, 0.25) is 0 Å². The highest BCUT2D eigenvalue weighted by Crippen LogP contribution is 2.30. The summed E-state index contributed by atoms with van der Waals surface area (Å²) in [4.78, 5) is 4.64. The maximum Gasteiger partial charge on any atom is 0.132 e. The van der Waals surface area contributed by atoms with Gasteiger partial charge in [-0.05, 0) is 43.3 Å². The molecule has 2 aromatic carbocycles. The molecule has 0 saturated heterocycles. The van der Waals surface area contributed by atoms with Crippen molar-refractivity contribution in [3.8, 4) is 5.69 Å². The second-order valence-corrected chi connectivity index (χ2v) is 6.54. The van der Waals surface area contributed by atoms with Crippen LogP contribution in [0.4, 0.5) is 0 Å². The zero-order chi connectivity index (χ0) is 14.3. The lowest BCUT2D eigenvalue weighted by molar-refractivity contribution is 0.882. The standard InChI is InChI=1S/C15H11BrCl2N2/c1-9(17)15-19-13-7-10(16)5-6-14(13)20(15)12-4-2-3-11(18)8-12/h2-9H,1H3. The number of halogens is 3. The minimum absolute atomic E-state index is 0.194. The van der Waals surface area contributed by atoms with Gasteiger partial charge in [-0.15, -0.1) is 11.6 Å². The molecule has 0 fully saturated rings. The predicted molar refractivity (Wildman–Crippen MR) is 88.0 cm³/mol. The molecular weight excluding hydrogens is 359 g/mol. The number of rotatable bonds is 2. The van der Waals surface area contributed by atoms with E-state index in [-0.39, 0.29) is 5.38 Å². The molecule has 3 aromatic rings. The molecule has 0 radical (unpaired) electrons. The lowest BCUT2D eigenvalue weighted by Crippen LogP contribution is -2.01. The van der Waals surface area contributed by atoms with Crippen LogP contribution in [-0.2, 0) is 0 Å². The first kappa shape index (κ1) is 13.9. The number of fused-ring (bicyclic) bond motifs is 1. The van der Waals surface area contributed by atoms with Gasteiger partial charge in [-0.3, -0.25) is 4.57 Å². The first-order valence-corrected chi connectivity index (χ1v) is 7.75. The molecule has 1 heterocycles. The van der Waals surface area contributed by atoms with Crippen molar-refractivity contribution in [2.45, 2.75) is 12.3 Å². The van der Waals surface area contributed by atoms with Gasteiger partial charge in [-0.25, -0.2) is 4.98 Å². The summed E-state index contributed by atoms with van der Waals surface area (Å²) in [6.07, 6.45) is 0. The molecule has 0 amide bonds. The molecule has 1 unspecified atom stereocenters. The summed E-state index contributed by atoms with van der Waals surface area (Å²) in [5, 5.41) is 0.495. The third-order valence-electron chi connectivity index (χ3n) is 3.06. The quantitative estimate of drug-likeness (QED) is 0.526. The number of aromatic nitrogens is 2. The van der Waals surface area contributed by atoms with E-state index in [2.05, 4.69) is 20.9 Å². The van der Waals surface area contributed by atoms with Crippen LogP contribution in [-0.4, -0.2) is 9.55 Å². The number of alkyl halides is 1. The van der Waals surface area contributed by atoms with Gasteiger partial charge < -0.3 is 0 Å². The van der Waals surface area contributed by atoms with Crippen LogP contribution in [0.5, 0.6) is 0 Å². The van der Waals surface area contributed by atoms with Gasteiger partial charge in [-0.1, -0.05) is 33.6 Å². The van der Waals surface area contributed by atoms with Crippen LogP contribution >= 0.6 is 39.1 Å². The Morgan fingerprint density at radius 3 is 2.70 bits per heavy atom. The van der Waals surface area contributed by atoms with Gasteiger partial charge in [0.1, 0.15) is 5.82 Å². The zero-order valence-corrected chi connectivity index (χ0v) is 13.7. The van der Waals surface area contributed by atoms with Crippen molar-refractivity contribution in [2.75, 3.05) is 0 Å². The predicted octanol–water partition coefficient (Wildman–Crippen LogP) is 5.74. The highest BCUT2D eigenvalue weighted by Gasteiger charge is 2.16. The molecule has 0 bridgehead atoms. The van der Waals surface area contributed by atoms with Crippen molar-refractivity contribution in [1.29, 1.82) is 0 Å². The molecule has 0 aliphatic heterocycles. The van der Waals surface area contributed by atoms with E-state index in [1.165, 1.54) is 0 Å². The Morgan fingerprint density at radius 1 is 1.20 bits per heavy atom. The normalized spacial score (nSPS) is 12.8. The molecule has 0 aliphatic rings. The summed E-state index contributed by atoms with van der Waals surface area (Å²) in [5.41, 5.74) is 2.88. The van der Waals surface area contributed by atoms with Crippen molar-refractivity contribution < 1.29 is 0 Å². The van der Waals surface area contributed by atoms with E-state index >= 15 is 0 Å². The van der Waals surface area contributed by atoms with Crippen molar-refractivity contribution in [2.24, 2.45) is 0 Å². The Morgan fingerprint density at radius 2 is 2.00 bits per heavy atom. The molecule has 0 N–H and O–H groups in total. The SMILES string of the molecule is CC(Cl)c1nc2cc(Br)ccc2n1-c1cccc(Cl)c1. The van der Waals surface area contributed by atoms with E-state index in [1.807, 2.05) is 54.0 Å². The molecule has 1 atom stereocenters. The average molecular weight is 370 g/mol. The highest BCUT2D eigenvalue weighted by atomic mass is 79.9. The lowest BCUT2D eigenvalue weighted by atomic mass is 10.2. The third-order valence-corrected chi connectivity index (χ3v) is 3.99. The summed E-state index contributed by atoms with van der Waals surface area (Å²) < 4.78 is 3.04. The van der Waals surface area contributed by atoms with E-state index in [4.69, 9.17) is 23.2 Å². The number of hydrogen-bond acceptors (Lipinski definition) is 1. The lowest BCUT2D eigenvalue weighted by Gasteiger charge is -2.10. The number of nitrogens with zero attached hydrogens (tertiary/aromatic N) is 2. The Labute approximate surface area is 135 Å². The van der Waals surface area contributed by atoms with Gasteiger partial charge in [0, 0.05) is 15.2 Å². The summed E-state index contributed by atoms with van der Waals surface area (Å²) in [7, 11) is 0. The number of hydrogen-bond donors (Lipinski definition) is 0. The smallest absolute Gasteiger partial charge is 0.132 e. The van der Waals surface area contributed by atoms with Crippen LogP contribution in [0, 0.1) is 0 Å². The Balaban J connectivity index is 2.34. The fourth-order valence-electron chi connectivity index (χ4n) is 2.23. The summed E-state index contributed by atoms with van der Waals surface area (Å²) >= 11 is 15.8. The summed E-state index contributed by atoms with van der Waals surface area (Å²) in [6.45, 7) is 1.92. The highest BCUT2D eigenvalue weighted by molar-refractivity contribution is 9.10. The van der Waals surface area contributed by atoms with Crippen LogP contribution in [0.2, 0.25) is 5.02 Å². The van der Waals surface area contributed by atoms with Crippen LogP contribution < -0.4 is 0 Å². The second kappa shape index (κ2) is 5.40. The molecule has 3 rings (SSSR count). The second-order valence-electron chi connectivity index (χ2n) is 4.53. The molecule has 2 nitrogen and oxygen atoms in total. The van der Waals surface area contributed by atoms with E-state index < -0.39 is 0 Å². The molecule has 102 valence electrons. The van der Waals surface area contributed by atoms with Gasteiger partial charge in [0.05, 0.1) is 16.4 Å². The monoisotopic (exact) mass is 368 g/mol. The molecule has 0 saturated carbocycles. The Kier molecular flexibility index (Phi) is 3.76. The van der Waals surface area contributed by atoms with Crippen LogP contribution in [0.15, 0.2) is 46.9 Å². The maximum absolute atomic E-state index is 6.28. The van der Waals surface area contributed by atoms with Gasteiger partial charge in [-0.2, -0.15) is 0 Å². The van der Waals surface area contributed by atoms with Crippen molar-refractivity contribution in [1.82, 2.24) is 9.55 Å². The van der Waals surface area contributed by atoms with Crippen molar-refractivity contribution in [3.05, 3.63) is 57.8 Å². The van der Waals surface area contributed by atoms with Gasteiger partial charge in [0.25, 0.3) is 0 Å². The first-order chi connectivity index (χ1) is 9.56.